The summed E-state index contributed by atoms with van der Waals surface area (Å²) in [7, 11) is 1.58. The number of aliphatic carboxylic acids is 1. The summed E-state index contributed by atoms with van der Waals surface area (Å²) in [5.41, 5.74) is 1.90. The first-order valence-electron chi connectivity index (χ1n) is 6.77. The Balaban J connectivity index is 2.61. The molecule has 21 heavy (non-hydrogen) atoms. The number of amides is 1. The van der Waals surface area contributed by atoms with Gasteiger partial charge in [-0.25, -0.2) is 0 Å². The zero-order valence-corrected chi connectivity index (χ0v) is 12.6. The Morgan fingerprint density at radius 1 is 1.43 bits per heavy atom. The molecule has 0 bridgehead atoms. The summed E-state index contributed by atoms with van der Waals surface area (Å²) >= 11 is 0. The van der Waals surface area contributed by atoms with E-state index in [0.29, 0.717) is 12.2 Å². The lowest BCUT2D eigenvalue weighted by molar-refractivity contribution is -0.137. The van der Waals surface area contributed by atoms with E-state index in [0.717, 1.165) is 11.1 Å². The van der Waals surface area contributed by atoms with E-state index in [-0.39, 0.29) is 18.4 Å². The van der Waals surface area contributed by atoms with Crippen LogP contribution < -0.4 is 10.1 Å². The van der Waals surface area contributed by atoms with E-state index in [9.17, 15) is 9.59 Å². The second kappa shape index (κ2) is 8.09. The molecule has 0 aliphatic rings. The fraction of sp³-hybridized carbons (Fsp3) is 0.375. The highest BCUT2D eigenvalue weighted by Crippen LogP contribution is 2.20. The molecule has 0 aliphatic carbocycles. The highest BCUT2D eigenvalue weighted by Gasteiger charge is 2.07. The van der Waals surface area contributed by atoms with Crippen molar-refractivity contribution in [2.75, 3.05) is 7.11 Å². The average molecular weight is 291 g/mol. The van der Waals surface area contributed by atoms with Crippen LogP contribution in [0.25, 0.3) is 6.08 Å². The second-order valence-electron chi connectivity index (χ2n) is 4.92. The fourth-order valence-electron chi connectivity index (χ4n) is 1.85. The Kier molecular flexibility index (Phi) is 6.46. The van der Waals surface area contributed by atoms with Crippen LogP contribution in [-0.4, -0.2) is 30.1 Å². The summed E-state index contributed by atoms with van der Waals surface area (Å²) in [6.45, 7) is 3.74. The molecule has 1 aromatic carbocycles. The smallest absolute Gasteiger partial charge is 0.303 e. The predicted octanol–water partition coefficient (Wildman–Crippen LogP) is 2.39. The molecule has 0 saturated carbocycles. The first kappa shape index (κ1) is 16.8. The molecule has 1 atom stereocenters. The van der Waals surface area contributed by atoms with Gasteiger partial charge in [0.2, 0.25) is 5.91 Å². The molecule has 0 spiro atoms. The topological polar surface area (TPSA) is 75.6 Å². The molecule has 1 rings (SSSR count). The number of ether oxygens (including phenoxy) is 1. The van der Waals surface area contributed by atoms with E-state index in [1.807, 2.05) is 25.1 Å². The third-order valence-electron chi connectivity index (χ3n) is 2.98. The van der Waals surface area contributed by atoms with Crippen LogP contribution >= 0.6 is 0 Å². The van der Waals surface area contributed by atoms with Crippen LogP contribution in [-0.2, 0) is 9.59 Å². The zero-order chi connectivity index (χ0) is 15.8. The van der Waals surface area contributed by atoms with Crippen molar-refractivity contribution < 1.29 is 19.4 Å². The second-order valence-corrected chi connectivity index (χ2v) is 4.92. The van der Waals surface area contributed by atoms with Gasteiger partial charge in [-0.3, -0.25) is 9.59 Å². The maximum Gasteiger partial charge on any atom is 0.303 e. The van der Waals surface area contributed by atoms with Crippen LogP contribution in [0.15, 0.2) is 24.3 Å². The van der Waals surface area contributed by atoms with Crippen molar-refractivity contribution in [1.82, 2.24) is 5.32 Å². The van der Waals surface area contributed by atoms with Crippen LogP contribution in [0.1, 0.15) is 30.9 Å². The van der Waals surface area contributed by atoms with Gasteiger partial charge < -0.3 is 15.2 Å². The van der Waals surface area contributed by atoms with E-state index < -0.39 is 5.97 Å². The number of carbonyl (C=O) groups is 2. The van der Waals surface area contributed by atoms with Crippen molar-refractivity contribution in [2.24, 2.45) is 0 Å². The van der Waals surface area contributed by atoms with Crippen LogP contribution in [0.5, 0.6) is 5.75 Å². The summed E-state index contributed by atoms with van der Waals surface area (Å²) in [5, 5.41) is 11.3. The molecule has 5 heteroatoms. The number of hydrogen-bond acceptors (Lipinski definition) is 3. The highest BCUT2D eigenvalue weighted by atomic mass is 16.5. The van der Waals surface area contributed by atoms with Gasteiger partial charge in [0.15, 0.2) is 0 Å². The van der Waals surface area contributed by atoms with Gasteiger partial charge in [0.25, 0.3) is 0 Å². The lowest BCUT2D eigenvalue weighted by Gasteiger charge is -2.10. The summed E-state index contributed by atoms with van der Waals surface area (Å²) in [6, 6.07) is 5.53. The highest BCUT2D eigenvalue weighted by molar-refractivity contribution is 5.92. The van der Waals surface area contributed by atoms with Gasteiger partial charge in [-0.15, -0.1) is 0 Å². The zero-order valence-electron chi connectivity index (χ0n) is 12.6. The number of carboxylic acids is 1. The molecular weight excluding hydrogens is 270 g/mol. The maximum absolute atomic E-state index is 11.8. The summed E-state index contributed by atoms with van der Waals surface area (Å²) in [5.74, 6) is -0.420. The van der Waals surface area contributed by atoms with Gasteiger partial charge in [0, 0.05) is 24.1 Å². The minimum atomic E-state index is -0.865. The number of carboxylic acid groups (broad SMARTS) is 1. The van der Waals surface area contributed by atoms with E-state index in [1.165, 1.54) is 6.08 Å². The number of carbonyl (C=O) groups excluding carboxylic acids is 1. The maximum atomic E-state index is 11.8. The van der Waals surface area contributed by atoms with Crippen molar-refractivity contribution in [3.05, 3.63) is 35.4 Å². The minimum Gasteiger partial charge on any atom is -0.496 e. The monoisotopic (exact) mass is 291 g/mol. The van der Waals surface area contributed by atoms with Crippen LogP contribution in [0, 0.1) is 6.92 Å². The largest absolute Gasteiger partial charge is 0.496 e. The Morgan fingerprint density at radius 2 is 2.14 bits per heavy atom. The van der Waals surface area contributed by atoms with Crippen LogP contribution in [0.3, 0.4) is 0 Å². The SMILES string of the molecule is COc1ccc(C)cc1C=CC(=O)NC(C)CCC(=O)O. The van der Waals surface area contributed by atoms with Crippen LogP contribution in [0.4, 0.5) is 0 Å². The third kappa shape index (κ3) is 6.12. The first-order valence-corrected chi connectivity index (χ1v) is 6.77. The quantitative estimate of drug-likeness (QED) is 0.756. The number of benzene rings is 1. The molecule has 5 nitrogen and oxygen atoms in total. The molecule has 0 saturated heterocycles. The van der Waals surface area contributed by atoms with Gasteiger partial charge in [-0.2, -0.15) is 0 Å². The van der Waals surface area contributed by atoms with Gasteiger partial charge in [-0.1, -0.05) is 11.6 Å². The molecule has 0 aliphatic heterocycles. The molecule has 0 aromatic heterocycles. The van der Waals surface area contributed by atoms with E-state index in [1.54, 1.807) is 20.1 Å². The third-order valence-corrected chi connectivity index (χ3v) is 2.98. The standard InChI is InChI=1S/C16H21NO4/c1-11-4-7-14(21-3)13(10-11)6-8-15(18)17-12(2)5-9-16(19)20/h4,6-8,10,12H,5,9H2,1-3H3,(H,17,18)(H,19,20). The Morgan fingerprint density at radius 3 is 2.76 bits per heavy atom. The van der Waals surface area contributed by atoms with E-state index >= 15 is 0 Å². The molecule has 114 valence electrons. The summed E-state index contributed by atoms with van der Waals surface area (Å²) in [4.78, 5) is 22.2. The number of aryl methyl sites for hydroxylation is 1. The minimum absolute atomic E-state index is 0.0386. The van der Waals surface area contributed by atoms with Crippen molar-refractivity contribution in [3.63, 3.8) is 0 Å². The Bertz CT molecular complexity index is 537. The van der Waals surface area contributed by atoms with Gasteiger partial charge in [-0.05, 0) is 38.5 Å². The number of nitrogens with one attached hydrogen (secondary N) is 1. The number of methoxy groups -OCH3 is 1. The molecule has 1 amide bonds. The Labute approximate surface area is 124 Å². The number of hydrogen-bond donors (Lipinski definition) is 2. The average Bonchev–Trinajstić information content (AvgIpc) is 2.43. The lowest BCUT2D eigenvalue weighted by atomic mass is 10.1. The predicted molar refractivity (Wildman–Crippen MR) is 81.2 cm³/mol. The fourth-order valence-corrected chi connectivity index (χ4v) is 1.85. The molecular formula is C16H21NO4. The molecule has 1 unspecified atom stereocenters. The van der Waals surface area contributed by atoms with E-state index in [2.05, 4.69) is 5.32 Å². The van der Waals surface area contributed by atoms with Crippen molar-refractivity contribution in [1.29, 1.82) is 0 Å². The van der Waals surface area contributed by atoms with Gasteiger partial charge in [0.05, 0.1) is 7.11 Å². The van der Waals surface area contributed by atoms with Gasteiger partial charge >= 0.3 is 5.97 Å². The van der Waals surface area contributed by atoms with E-state index in [4.69, 9.17) is 9.84 Å². The van der Waals surface area contributed by atoms with Gasteiger partial charge in [0.1, 0.15) is 5.75 Å². The molecule has 0 radical (unpaired) electrons. The summed E-state index contributed by atoms with van der Waals surface area (Å²) in [6.07, 6.45) is 3.55. The van der Waals surface area contributed by atoms with Crippen molar-refractivity contribution in [2.45, 2.75) is 32.7 Å². The molecule has 0 fully saturated rings. The van der Waals surface area contributed by atoms with Crippen molar-refractivity contribution >= 4 is 18.0 Å². The first-order chi connectivity index (χ1) is 9.92. The Hall–Kier alpha value is -2.30. The lowest BCUT2D eigenvalue weighted by Crippen LogP contribution is -2.31. The normalized spacial score (nSPS) is 12.1. The molecule has 1 aromatic rings. The van der Waals surface area contributed by atoms with Crippen LogP contribution in [0.2, 0.25) is 0 Å². The number of rotatable bonds is 7. The molecule has 0 heterocycles. The van der Waals surface area contributed by atoms with Crippen molar-refractivity contribution in [3.8, 4) is 5.75 Å². The molecule has 2 N–H and O–H groups in total. The summed E-state index contributed by atoms with van der Waals surface area (Å²) < 4.78 is 5.23.